The molecule has 1 amide bonds. The Kier molecular flexibility index (Phi) is 5.68. The minimum absolute atomic E-state index is 0.0103. The van der Waals surface area contributed by atoms with Crippen LogP contribution in [0, 0.1) is 0 Å². The van der Waals surface area contributed by atoms with E-state index < -0.39 is 36.2 Å². The molecule has 144 valence electrons. The van der Waals surface area contributed by atoms with E-state index in [0.717, 1.165) is 4.90 Å². The Balaban J connectivity index is 2.05. The highest BCUT2D eigenvalue weighted by Gasteiger charge is 2.47. The summed E-state index contributed by atoms with van der Waals surface area (Å²) in [6.45, 7) is 4.40. The molecular formula is C17H23F2N3O4. The average molecular weight is 371 g/mol. The zero-order chi connectivity index (χ0) is 19.5. The summed E-state index contributed by atoms with van der Waals surface area (Å²) in [4.78, 5) is 28.5. The molecule has 1 aromatic rings. The Labute approximate surface area is 150 Å². The fraction of sp³-hybridized carbons (Fsp3) is 0.588. The molecule has 2 heterocycles. The van der Waals surface area contributed by atoms with Crippen molar-refractivity contribution in [2.24, 2.45) is 0 Å². The second kappa shape index (κ2) is 7.43. The fourth-order valence-corrected chi connectivity index (χ4v) is 2.53. The number of ether oxygens (including phenoxy) is 2. The van der Waals surface area contributed by atoms with Crippen molar-refractivity contribution >= 4 is 17.9 Å². The molecule has 0 radical (unpaired) electrons. The number of carbonyl (C=O) groups is 2. The maximum Gasteiger partial charge on any atom is 0.410 e. The number of likely N-dealkylation sites (tertiary alicyclic amines) is 1. The number of hydrogen-bond donors (Lipinski definition) is 1. The molecule has 1 aliphatic rings. The summed E-state index contributed by atoms with van der Waals surface area (Å²) in [5, 5.41) is 2.65. The highest BCUT2D eigenvalue weighted by atomic mass is 19.3. The number of alkyl halides is 2. The predicted molar refractivity (Wildman–Crippen MR) is 90.4 cm³/mol. The van der Waals surface area contributed by atoms with Crippen LogP contribution < -0.4 is 5.32 Å². The number of amides is 1. The molecule has 1 aromatic heterocycles. The molecule has 0 aromatic carbocycles. The molecule has 1 atom stereocenters. The van der Waals surface area contributed by atoms with Crippen molar-refractivity contribution in [1.82, 2.24) is 9.88 Å². The highest BCUT2D eigenvalue weighted by molar-refractivity contribution is 5.90. The van der Waals surface area contributed by atoms with Crippen LogP contribution in [-0.2, 0) is 9.47 Å². The average Bonchev–Trinajstić information content (AvgIpc) is 2.54. The fourth-order valence-electron chi connectivity index (χ4n) is 2.53. The van der Waals surface area contributed by atoms with Gasteiger partial charge in [0.1, 0.15) is 11.4 Å². The van der Waals surface area contributed by atoms with Gasteiger partial charge in [0.2, 0.25) is 0 Å². The third-order valence-electron chi connectivity index (χ3n) is 3.75. The number of rotatable bonds is 3. The number of aromatic nitrogens is 1. The SMILES string of the molecule is COC(=O)c1ccnc(NC2CCN(C(=O)OC(C)(C)C)CC2(F)F)c1. The molecule has 9 heteroatoms. The van der Waals surface area contributed by atoms with E-state index in [1.807, 2.05) is 0 Å². The van der Waals surface area contributed by atoms with E-state index in [-0.39, 0.29) is 24.3 Å². The van der Waals surface area contributed by atoms with Crippen molar-refractivity contribution in [3.05, 3.63) is 23.9 Å². The molecule has 26 heavy (non-hydrogen) atoms. The summed E-state index contributed by atoms with van der Waals surface area (Å²) in [5.74, 6) is -3.62. The van der Waals surface area contributed by atoms with E-state index in [1.165, 1.54) is 25.4 Å². The number of pyridine rings is 1. The number of nitrogens with zero attached hydrogens (tertiary/aromatic N) is 2. The van der Waals surface area contributed by atoms with Gasteiger partial charge in [0, 0.05) is 12.7 Å². The maximum atomic E-state index is 14.5. The summed E-state index contributed by atoms with van der Waals surface area (Å²) in [6.07, 6.45) is 0.584. The Morgan fingerprint density at radius 3 is 2.65 bits per heavy atom. The van der Waals surface area contributed by atoms with Crippen molar-refractivity contribution in [3.8, 4) is 0 Å². The first-order valence-corrected chi connectivity index (χ1v) is 8.18. The summed E-state index contributed by atoms with van der Waals surface area (Å²) in [6, 6.07) is 1.56. The van der Waals surface area contributed by atoms with Crippen LogP contribution in [0.25, 0.3) is 0 Å². The van der Waals surface area contributed by atoms with Crippen LogP contribution in [0.5, 0.6) is 0 Å². The van der Waals surface area contributed by atoms with Gasteiger partial charge in [-0.2, -0.15) is 0 Å². The topological polar surface area (TPSA) is 80.8 Å². The van der Waals surface area contributed by atoms with Crippen molar-refractivity contribution in [2.75, 3.05) is 25.5 Å². The van der Waals surface area contributed by atoms with E-state index in [1.54, 1.807) is 20.8 Å². The number of methoxy groups -OCH3 is 1. The van der Waals surface area contributed by atoms with E-state index in [9.17, 15) is 18.4 Å². The van der Waals surface area contributed by atoms with Crippen molar-refractivity contribution < 1.29 is 27.8 Å². The minimum atomic E-state index is -3.18. The predicted octanol–water partition coefficient (Wildman–Crippen LogP) is 2.92. The van der Waals surface area contributed by atoms with E-state index in [0.29, 0.717) is 0 Å². The number of nitrogens with one attached hydrogen (secondary N) is 1. The largest absolute Gasteiger partial charge is 0.465 e. The molecule has 1 saturated heterocycles. The Hall–Kier alpha value is -2.45. The second-order valence-corrected chi connectivity index (χ2v) is 7.07. The summed E-state index contributed by atoms with van der Waals surface area (Å²) in [5.41, 5.74) is -0.542. The molecule has 0 aliphatic carbocycles. The minimum Gasteiger partial charge on any atom is -0.465 e. The smallest absolute Gasteiger partial charge is 0.410 e. The van der Waals surface area contributed by atoms with Gasteiger partial charge in [0.25, 0.3) is 5.92 Å². The van der Waals surface area contributed by atoms with Crippen LogP contribution in [-0.4, -0.2) is 59.7 Å². The zero-order valence-corrected chi connectivity index (χ0v) is 15.2. The van der Waals surface area contributed by atoms with Gasteiger partial charge in [-0.1, -0.05) is 0 Å². The Bertz CT molecular complexity index is 676. The number of carbonyl (C=O) groups excluding carboxylic acids is 2. The Morgan fingerprint density at radius 2 is 2.08 bits per heavy atom. The molecule has 2 rings (SSSR count). The van der Waals surface area contributed by atoms with E-state index in [4.69, 9.17) is 4.74 Å². The number of anilines is 1. The van der Waals surface area contributed by atoms with Gasteiger partial charge in [-0.25, -0.2) is 23.4 Å². The third kappa shape index (κ3) is 5.03. The van der Waals surface area contributed by atoms with Crippen LogP contribution in [0.1, 0.15) is 37.6 Å². The lowest BCUT2D eigenvalue weighted by atomic mass is 10.0. The number of piperidine rings is 1. The van der Waals surface area contributed by atoms with Gasteiger partial charge in [-0.15, -0.1) is 0 Å². The quantitative estimate of drug-likeness (QED) is 0.823. The van der Waals surface area contributed by atoms with Crippen LogP contribution in [0.3, 0.4) is 0 Å². The number of esters is 1. The normalized spacial score (nSPS) is 19.6. The molecule has 0 bridgehead atoms. The van der Waals surface area contributed by atoms with Crippen LogP contribution in [0.15, 0.2) is 18.3 Å². The molecule has 1 unspecified atom stereocenters. The molecule has 0 saturated carbocycles. The first-order chi connectivity index (χ1) is 12.0. The van der Waals surface area contributed by atoms with Gasteiger partial charge < -0.3 is 19.7 Å². The van der Waals surface area contributed by atoms with Gasteiger partial charge in [0.05, 0.1) is 25.3 Å². The molecule has 7 nitrogen and oxygen atoms in total. The van der Waals surface area contributed by atoms with Crippen molar-refractivity contribution in [3.63, 3.8) is 0 Å². The number of hydrogen-bond acceptors (Lipinski definition) is 6. The molecule has 1 N–H and O–H groups in total. The standard InChI is InChI=1S/C17H23F2N3O4/c1-16(2,3)26-15(24)22-8-6-12(17(18,19)10-22)21-13-9-11(5-7-20-13)14(23)25-4/h5,7,9,12H,6,8,10H2,1-4H3,(H,20,21). The molecular weight excluding hydrogens is 348 g/mol. The first-order valence-electron chi connectivity index (χ1n) is 8.18. The lowest BCUT2D eigenvalue weighted by Gasteiger charge is -2.39. The molecule has 1 aliphatic heterocycles. The summed E-state index contributed by atoms with van der Waals surface area (Å²) >= 11 is 0. The van der Waals surface area contributed by atoms with Crippen molar-refractivity contribution in [2.45, 2.75) is 44.8 Å². The van der Waals surface area contributed by atoms with Gasteiger partial charge in [0.15, 0.2) is 0 Å². The highest BCUT2D eigenvalue weighted by Crippen LogP contribution is 2.30. The van der Waals surface area contributed by atoms with E-state index >= 15 is 0 Å². The van der Waals surface area contributed by atoms with Crippen LogP contribution in [0.4, 0.5) is 19.4 Å². The third-order valence-corrected chi connectivity index (χ3v) is 3.75. The Morgan fingerprint density at radius 1 is 1.38 bits per heavy atom. The van der Waals surface area contributed by atoms with Crippen molar-refractivity contribution in [1.29, 1.82) is 0 Å². The lowest BCUT2D eigenvalue weighted by Crippen LogP contribution is -2.56. The molecule has 0 spiro atoms. The molecule has 1 fully saturated rings. The van der Waals surface area contributed by atoms with Gasteiger partial charge in [-0.05, 0) is 39.3 Å². The first kappa shape index (κ1) is 19.9. The van der Waals surface area contributed by atoms with Gasteiger partial charge >= 0.3 is 12.1 Å². The number of halogens is 2. The maximum absolute atomic E-state index is 14.5. The summed E-state index contributed by atoms with van der Waals surface area (Å²) < 4.78 is 38.7. The lowest BCUT2D eigenvalue weighted by molar-refractivity contribution is -0.0770. The monoisotopic (exact) mass is 371 g/mol. The van der Waals surface area contributed by atoms with Crippen LogP contribution in [0.2, 0.25) is 0 Å². The zero-order valence-electron chi connectivity index (χ0n) is 15.2. The van der Waals surface area contributed by atoms with Gasteiger partial charge in [-0.3, -0.25) is 0 Å². The summed E-state index contributed by atoms with van der Waals surface area (Å²) in [7, 11) is 1.23. The van der Waals surface area contributed by atoms with E-state index in [2.05, 4.69) is 15.0 Å². The van der Waals surface area contributed by atoms with Crippen LogP contribution >= 0.6 is 0 Å². The second-order valence-electron chi connectivity index (χ2n) is 7.07.